The van der Waals surface area contributed by atoms with Gasteiger partial charge in [0.05, 0.1) is 0 Å². The van der Waals surface area contributed by atoms with Crippen LogP contribution in [0.1, 0.15) is 20.3 Å². The summed E-state index contributed by atoms with van der Waals surface area (Å²) >= 11 is 0. The van der Waals surface area contributed by atoms with E-state index < -0.39 is 6.03 Å². The monoisotopic (exact) mass is 208 g/mol. The van der Waals surface area contributed by atoms with Crippen molar-refractivity contribution in [3.8, 4) is 0 Å². The minimum atomic E-state index is -0.401. The van der Waals surface area contributed by atoms with Gasteiger partial charge in [-0.1, -0.05) is 30.4 Å². The molecule has 2 N–H and O–H groups in total. The third kappa shape index (κ3) is 5.73. The Bertz CT molecular complexity index is 286. The van der Waals surface area contributed by atoms with Gasteiger partial charge in [-0.2, -0.15) is 0 Å². The largest absolute Gasteiger partial charge is 0.351 e. The first kappa shape index (κ1) is 13.5. The Morgan fingerprint density at radius 1 is 1.47 bits per heavy atom. The maximum atomic E-state index is 10.9. The fourth-order valence-corrected chi connectivity index (χ4v) is 1.10. The number of primary amides is 1. The van der Waals surface area contributed by atoms with E-state index in [-0.39, 0.29) is 0 Å². The lowest BCUT2D eigenvalue weighted by Gasteiger charge is -2.17. The van der Waals surface area contributed by atoms with Crippen molar-refractivity contribution in [2.45, 2.75) is 20.3 Å². The number of hydrogen-bond donors (Lipinski definition) is 1. The van der Waals surface area contributed by atoms with Crippen LogP contribution in [0.4, 0.5) is 4.79 Å². The number of allylic oxidation sites excluding steroid dienone is 4. The summed E-state index contributed by atoms with van der Waals surface area (Å²) in [7, 11) is 1.70. The van der Waals surface area contributed by atoms with Gasteiger partial charge in [0.1, 0.15) is 0 Å². The smallest absolute Gasteiger partial charge is 0.314 e. The molecule has 3 heteroatoms. The Morgan fingerprint density at radius 2 is 2.07 bits per heavy atom. The Hall–Kier alpha value is -1.51. The summed E-state index contributed by atoms with van der Waals surface area (Å²) in [6.45, 7) is 8.25. The zero-order valence-electron chi connectivity index (χ0n) is 9.79. The maximum absolute atomic E-state index is 10.9. The van der Waals surface area contributed by atoms with E-state index in [1.807, 2.05) is 26.0 Å². The van der Waals surface area contributed by atoms with E-state index in [1.54, 1.807) is 13.1 Å². The van der Waals surface area contributed by atoms with Crippen LogP contribution in [0.3, 0.4) is 0 Å². The summed E-state index contributed by atoms with van der Waals surface area (Å²) in [6.07, 6.45) is 6.48. The summed E-state index contributed by atoms with van der Waals surface area (Å²) in [6, 6.07) is -0.401. The average molecular weight is 208 g/mol. The second-order valence-corrected chi connectivity index (χ2v) is 3.67. The molecule has 3 nitrogen and oxygen atoms in total. The predicted molar refractivity (Wildman–Crippen MR) is 64.5 cm³/mol. The molecule has 0 radical (unpaired) electrons. The van der Waals surface area contributed by atoms with E-state index in [1.165, 1.54) is 16.0 Å². The molecule has 0 fully saturated rings. The second kappa shape index (κ2) is 6.87. The zero-order chi connectivity index (χ0) is 11.8. The Morgan fingerprint density at radius 3 is 2.47 bits per heavy atom. The molecule has 0 atom stereocenters. The highest BCUT2D eigenvalue weighted by molar-refractivity contribution is 5.71. The summed E-state index contributed by atoms with van der Waals surface area (Å²) in [5.74, 6) is 0. The molecule has 84 valence electrons. The van der Waals surface area contributed by atoms with Crippen molar-refractivity contribution >= 4 is 6.03 Å². The predicted octanol–water partition coefficient (Wildman–Crippen LogP) is 2.47. The number of nitrogens with zero attached hydrogens (tertiary/aromatic N) is 1. The molecule has 2 amide bonds. The molecule has 0 spiro atoms. The van der Waals surface area contributed by atoms with E-state index >= 15 is 0 Å². The lowest BCUT2D eigenvalue weighted by Crippen LogP contribution is -2.33. The van der Waals surface area contributed by atoms with Crippen LogP contribution in [0.15, 0.2) is 36.0 Å². The van der Waals surface area contributed by atoms with Gasteiger partial charge in [0.25, 0.3) is 0 Å². The second-order valence-electron chi connectivity index (χ2n) is 3.67. The van der Waals surface area contributed by atoms with Gasteiger partial charge in [-0.05, 0) is 25.8 Å². The first-order valence-electron chi connectivity index (χ1n) is 4.92. The molecule has 0 saturated carbocycles. The Balaban J connectivity index is 4.44. The van der Waals surface area contributed by atoms with Gasteiger partial charge in [-0.15, -0.1) is 0 Å². The van der Waals surface area contributed by atoms with Crippen molar-refractivity contribution in [3.63, 3.8) is 0 Å². The molecule has 0 bridgehead atoms. The van der Waals surface area contributed by atoms with Gasteiger partial charge in [0, 0.05) is 13.6 Å². The zero-order valence-corrected chi connectivity index (χ0v) is 9.79. The first-order valence-corrected chi connectivity index (χ1v) is 4.92. The number of urea groups is 1. The third-order valence-corrected chi connectivity index (χ3v) is 2.15. The summed E-state index contributed by atoms with van der Waals surface area (Å²) in [4.78, 5) is 12.4. The van der Waals surface area contributed by atoms with Gasteiger partial charge in [-0.25, -0.2) is 4.79 Å². The van der Waals surface area contributed by atoms with Crippen LogP contribution < -0.4 is 5.73 Å². The van der Waals surface area contributed by atoms with E-state index in [2.05, 4.69) is 6.58 Å². The van der Waals surface area contributed by atoms with Crippen LogP contribution in [0.5, 0.6) is 0 Å². The fourth-order valence-electron chi connectivity index (χ4n) is 1.10. The van der Waals surface area contributed by atoms with Crippen molar-refractivity contribution in [2.75, 3.05) is 13.6 Å². The minimum absolute atomic E-state index is 0.401. The first-order chi connectivity index (χ1) is 6.99. The summed E-state index contributed by atoms with van der Waals surface area (Å²) in [5, 5.41) is 0. The van der Waals surface area contributed by atoms with Gasteiger partial charge >= 0.3 is 6.03 Å². The highest BCUT2D eigenvalue weighted by atomic mass is 16.2. The molecule has 0 aliphatic heterocycles. The molecule has 0 aliphatic carbocycles. The highest BCUT2D eigenvalue weighted by Gasteiger charge is 2.06. The third-order valence-electron chi connectivity index (χ3n) is 2.15. The number of likely N-dealkylation sites (N-methyl/N-ethyl adjacent to an activating group) is 1. The number of amides is 2. The van der Waals surface area contributed by atoms with Crippen LogP contribution in [0, 0.1) is 0 Å². The van der Waals surface area contributed by atoms with Gasteiger partial charge in [-0.3, -0.25) is 0 Å². The number of hydrogen-bond acceptors (Lipinski definition) is 1. The fraction of sp³-hybridized carbons (Fsp3) is 0.417. The number of rotatable bonds is 5. The van der Waals surface area contributed by atoms with E-state index in [0.717, 1.165) is 6.42 Å². The van der Waals surface area contributed by atoms with E-state index in [4.69, 9.17) is 5.73 Å². The van der Waals surface area contributed by atoms with Crippen LogP contribution in [0.2, 0.25) is 0 Å². The van der Waals surface area contributed by atoms with Gasteiger partial charge in [0.2, 0.25) is 0 Å². The minimum Gasteiger partial charge on any atom is -0.351 e. The molecular formula is C12H20N2O. The molecular weight excluding hydrogens is 188 g/mol. The molecule has 15 heavy (non-hydrogen) atoms. The van der Waals surface area contributed by atoms with Crippen molar-refractivity contribution in [1.82, 2.24) is 4.90 Å². The topological polar surface area (TPSA) is 46.3 Å². The highest BCUT2D eigenvalue weighted by Crippen LogP contribution is 2.10. The standard InChI is InChI=1S/C12H20N2O/c1-5-6-7-8-11(10(2)3)9-14(4)12(13)15/h5-7H,1,8-9H2,2-4H3,(H2,13,15)/b7-6-. The molecule has 0 unspecified atom stereocenters. The van der Waals surface area contributed by atoms with Gasteiger partial charge in [0.15, 0.2) is 0 Å². The Labute approximate surface area is 91.9 Å². The number of nitrogens with two attached hydrogens (primary N) is 1. The van der Waals surface area contributed by atoms with E-state index in [9.17, 15) is 4.79 Å². The van der Waals surface area contributed by atoms with Crippen molar-refractivity contribution in [2.24, 2.45) is 5.73 Å². The van der Waals surface area contributed by atoms with E-state index in [0.29, 0.717) is 6.54 Å². The molecule has 0 aliphatic rings. The lowest BCUT2D eigenvalue weighted by molar-refractivity contribution is 0.221. The number of carbonyl (C=O) groups excluding carboxylic acids is 1. The Kier molecular flexibility index (Phi) is 6.18. The van der Waals surface area contributed by atoms with Crippen LogP contribution in [0.25, 0.3) is 0 Å². The van der Waals surface area contributed by atoms with Crippen molar-refractivity contribution in [3.05, 3.63) is 36.0 Å². The summed E-state index contributed by atoms with van der Waals surface area (Å²) in [5.41, 5.74) is 7.59. The molecule has 0 aromatic heterocycles. The lowest BCUT2D eigenvalue weighted by atomic mass is 10.1. The molecule has 0 rings (SSSR count). The molecule has 0 aromatic rings. The van der Waals surface area contributed by atoms with Crippen molar-refractivity contribution < 1.29 is 4.79 Å². The van der Waals surface area contributed by atoms with Crippen LogP contribution in [-0.2, 0) is 0 Å². The van der Waals surface area contributed by atoms with Crippen LogP contribution >= 0.6 is 0 Å². The molecule has 0 saturated heterocycles. The van der Waals surface area contributed by atoms with Gasteiger partial charge < -0.3 is 10.6 Å². The van der Waals surface area contributed by atoms with Crippen molar-refractivity contribution in [1.29, 1.82) is 0 Å². The van der Waals surface area contributed by atoms with Crippen LogP contribution in [-0.4, -0.2) is 24.5 Å². The SMILES string of the molecule is C=C/C=C\CC(CN(C)C(N)=O)=C(C)C. The molecule has 0 aromatic carbocycles. The average Bonchev–Trinajstić information content (AvgIpc) is 2.15. The normalized spacial score (nSPS) is 10.1. The number of carbonyl (C=O) groups is 1. The quantitative estimate of drug-likeness (QED) is 0.547. The maximum Gasteiger partial charge on any atom is 0.314 e. The molecule has 0 heterocycles. The summed E-state index contributed by atoms with van der Waals surface area (Å²) < 4.78 is 0.